The van der Waals surface area contributed by atoms with E-state index in [1.165, 1.54) is 11.1 Å². The van der Waals surface area contributed by atoms with Crippen LogP contribution < -0.4 is 4.74 Å². The number of nitrogens with zero attached hydrogens (tertiary/aromatic N) is 2. The summed E-state index contributed by atoms with van der Waals surface area (Å²) in [6.45, 7) is 8.49. The fourth-order valence-electron chi connectivity index (χ4n) is 2.63. The lowest BCUT2D eigenvalue weighted by Crippen LogP contribution is -2.18. The molecule has 3 aromatic rings. The van der Waals surface area contributed by atoms with Crippen LogP contribution in [0.25, 0.3) is 11.4 Å². The van der Waals surface area contributed by atoms with Gasteiger partial charge in [0, 0.05) is 11.3 Å². The van der Waals surface area contributed by atoms with Crippen molar-refractivity contribution in [3.05, 3.63) is 52.0 Å². The second kappa shape index (κ2) is 6.40. The molecule has 0 spiro atoms. The number of hydrogen-bond donors (Lipinski definition) is 0. The zero-order chi connectivity index (χ0) is 17.3. The summed E-state index contributed by atoms with van der Waals surface area (Å²) < 4.78 is 10.9. The second-order valence-electron chi connectivity index (χ2n) is 6.66. The quantitative estimate of drug-likeness (QED) is 0.635. The molecule has 0 fully saturated rings. The molecule has 0 saturated heterocycles. The third kappa shape index (κ3) is 2.96. The van der Waals surface area contributed by atoms with Crippen LogP contribution in [0.3, 0.4) is 0 Å². The summed E-state index contributed by atoms with van der Waals surface area (Å²) in [5.74, 6) is 2.16. The molecule has 2 heterocycles. The van der Waals surface area contributed by atoms with Gasteiger partial charge < -0.3 is 9.26 Å². The Kier molecular flexibility index (Phi) is 4.45. The van der Waals surface area contributed by atoms with Crippen LogP contribution in [0.15, 0.2) is 39.5 Å². The van der Waals surface area contributed by atoms with Gasteiger partial charge in [0.15, 0.2) is 0 Å². The molecule has 0 aliphatic heterocycles. The van der Waals surface area contributed by atoms with E-state index in [9.17, 15) is 0 Å². The van der Waals surface area contributed by atoms with E-state index in [2.05, 4.69) is 52.9 Å². The first kappa shape index (κ1) is 16.7. The number of thiophene rings is 1. The smallest absolute Gasteiger partial charge is 0.229 e. The molecule has 4 nitrogen and oxygen atoms in total. The Morgan fingerprint density at radius 1 is 1.17 bits per heavy atom. The van der Waals surface area contributed by atoms with Gasteiger partial charge >= 0.3 is 0 Å². The summed E-state index contributed by atoms with van der Waals surface area (Å²) in [6, 6.07) is 8.36. The van der Waals surface area contributed by atoms with E-state index in [4.69, 9.17) is 9.26 Å². The van der Waals surface area contributed by atoms with Crippen LogP contribution in [0.4, 0.5) is 0 Å². The molecular weight excluding hydrogens is 320 g/mol. The monoisotopic (exact) mass is 342 g/mol. The maximum atomic E-state index is 5.60. The van der Waals surface area contributed by atoms with Crippen molar-refractivity contribution in [1.29, 1.82) is 0 Å². The predicted molar refractivity (Wildman–Crippen MR) is 96.8 cm³/mol. The van der Waals surface area contributed by atoms with E-state index in [1.54, 1.807) is 18.4 Å². The van der Waals surface area contributed by atoms with E-state index < -0.39 is 0 Å². The molecule has 0 radical (unpaired) electrons. The van der Waals surface area contributed by atoms with Crippen LogP contribution in [0, 0.1) is 0 Å². The van der Waals surface area contributed by atoms with Gasteiger partial charge in [-0.05, 0) is 40.1 Å². The fraction of sp³-hybridized carbons (Fsp3) is 0.368. The summed E-state index contributed by atoms with van der Waals surface area (Å²) in [5.41, 5.74) is 3.24. The van der Waals surface area contributed by atoms with E-state index in [0.717, 1.165) is 11.3 Å². The number of ether oxygens (including phenoxy) is 1. The van der Waals surface area contributed by atoms with Crippen molar-refractivity contribution in [2.24, 2.45) is 0 Å². The Morgan fingerprint density at radius 3 is 2.54 bits per heavy atom. The van der Waals surface area contributed by atoms with Crippen molar-refractivity contribution in [1.82, 2.24) is 10.1 Å². The van der Waals surface area contributed by atoms with Crippen molar-refractivity contribution >= 4 is 11.3 Å². The molecule has 2 aromatic heterocycles. The molecular formula is C19H22N2O2S. The minimum atomic E-state index is -0.0911. The predicted octanol–water partition coefficient (Wildman–Crippen LogP) is 5.26. The topological polar surface area (TPSA) is 48.2 Å². The Hall–Kier alpha value is -2.14. The van der Waals surface area contributed by atoms with E-state index >= 15 is 0 Å². The largest absolute Gasteiger partial charge is 0.496 e. The average Bonchev–Trinajstić information content (AvgIpc) is 3.25. The summed E-state index contributed by atoms with van der Waals surface area (Å²) in [6.07, 6.45) is 0. The minimum Gasteiger partial charge on any atom is -0.496 e. The Morgan fingerprint density at radius 2 is 1.96 bits per heavy atom. The average molecular weight is 342 g/mol. The van der Waals surface area contributed by atoms with Crippen LogP contribution in [-0.2, 0) is 5.41 Å². The van der Waals surface area contributed by atoms with Crippen molar-refractivity contribution in [3.63, 3.8) is 0 Å². The Balaban J connectivity index is 2.02. The number of aromatic nitrogens is 2. The van der Waals surface area contributed by atoms with Gasteiger partial charge in [0.25, 0.3) is 0 Å². The van der Waals surface area contributed by atoms with Crippen molar-refractivity contribution < 1.29 is 9.26 Å². The van der Waals surface area contributed by atoms with Gasteiger partial charge in [-0.25, -0.2) is 0 Å². The molecule has 3 rings (SSSR count). The number of hydrogen-bond acceptors (Lipinski definition) is 5. The normalized spacial score (nSPS) is 11.9. The lowest BCUT2D eigenvalue weighted by molar-refractivity contribution is 0.365. The third-order valence-electron chi connectivity index (χ3n) is 4.34. The molecule has 126 valence electrons. The van der Waals surface area contributed by atoms with E-state index in [1.807, 2.05) is 19.9 Å². The molecule has 0 bridgehead atoms. The highest BCUT2D eigenvalue weighted by Crippen LogP contribution is 2.37. The van der Waals surface area contributed by atoms with Gasteiger partial charge in [-0.2, -0.15) is 16.3 Å². The van der Waals surface area contributed by atoms with Crippen molar-refractivity contribution in [2.45, 2.75) is 39.0 Å². The first-order chi connectivity index (χ1) is 11.4. The zero-order valence-corrected chi connectivity index (χ0v) is 15.5. The van der Waals surface area contributed by atoms with Crippen LogP contribution >= 0.6 is 11.3 Å². The molecule has 0 aliphatic carbocycles. The minimum absolute atomic E-state index is 0.0911. The van der Waals surface area contributed by atoms with Gasteiger partial charge in [0.1, 0.15) is 5.75 Å². The molecule has 0 N–H and O–H groups in total. The first-order valence-electron chi connectivity index (χ1n) is 7.98. The number of methoxy groups -OCH3 is 1. The zero-order valence-electron chi connectivity index (χ0n) is 14.7. The van der Waals surface area contributed by atoms with Crippen LogP contribution in [0.1, 0.15) is 50.6 Å². The summed E-state index contributed by atoms with van der Waals surface area (Å²) in [5, 5.41) is 8.39. The summed E-state index contributed by atoms with van der Waals surface area (Å²) in [4.78, 5) is 4.47. The highest BCUT2D eigenvalue weighted by molar-refractivity contribution is 7.08. The SMILES string of the molecule is COc1cc(C(C)(C)c2ccsc2)ccc1-c1noc(C(C)C)n1. The summed E-state index contributed by atoms with van der Waals surface area (Å²) >= 11 is 1.71. The standard InChI is InChI=1S/C19H22N2O2S/c1-12(2)18-20-17(21-23-18)15-7-6-13(10-16(15)22-5)19(3,4)14-8-9-24-11-14/h6-12H,1-5H3. The van der Waals surface area contributed by atoms with Gasteiger partial charge in [-0.15, -0.1) is 0 Å². The highest BCUT2D eigenvalue weighted by atomic mass is 32.1. The lowest BCUT2D eigenvalue weighted by atomic mass is 9.79. The lowest BCUT2D eigenvalue weighted by Gasteiger charge is -2.25. The van der Waals surface area contributed by atoms with Gasteiger partial charge in [-0.3, -0.25) is 0 Å². The molecule has 0 atom stereocenters. The molecule has 24 heavy (non-hydrogen) atoms. The van der Waals surface area contributed by atoms with Crippen molar-refractivity contribution in [3.8, 4) is 17.1 Å². The van der Waals surface area contributed by atoms with Crippen molar-refractivity contribution in [2.75, 3.05) is 7.11 Å². The van der Waals surface area contributed by atoms with Crippen LogP contribution in [0.5, 0.6) is 5.75 Å². The molecule has 0 unspecified atom stereocenters. The van der Waals surface area contributed by atoms with E-state index in [-0.39, 0.29) is 11.3 Å². The van der Waals surface area contributed by atoms with Crippen LogP contribution in [0.2, 0.25) is 0 Å². The first-order valence-corrected chi connectivity index (χ1v) is 8.93. The Labute approximate surface area is 146 Å². The molecule has 0 aliphatic rings. The van der Waals surface area contributed by atoms with Gasteiger partial charge in [0.05, 0.1) is 12.7 Å². The molecule has 1 aromatic carbocycles. The third-order valence-corrected chi connectivity index (χ3v) is 5.03. The van der Waals surface area contributed by atoms with Gasteiger partial charge in [-0.1, -0.05) is 38.9 Å². The number of rotatable bonds is 5. The highest BCUT2D eigenvalue weighted by Gasteiger charge is 2.25. The molecule has 5 heteroatoms. The molecule has 0 amide bonds. The molecule has 0 saturated carbocycles. The van der Waals surface area contributed by atoms with Crippen LogP contribution in [-0.4, -0.2) is 17.3 Å². The van der Waals surface area contributed by atoms with E-state index in [0.29, 0.717) is 11.7 Å². The summed E-state index contributed by atoms with van der Waals surface area (Å²) in [7, 11) is 1.67. The number of benzene rings is 1. The van der Waals surface area contributed by atoms with Gasteiger partial charge in [0.2, 0.25) is 11.7 Å². The fourth-order valence-corrected chi connectivity index (χ4v) is 3.45. The maximum Gasteiger partial charge on any atom is 0.229 e. The maximum absolute atomic E-state index is 5.60. The second-order valence-corrected chi connectivity index (χ2v) is 7.44. The Bertz CT molecular complexity index is 820.